The van der Waals surface area contributed by atoms with E-state index in [1.165, 1.54) is 0 Å². The van der Waals surface area contributed by atoms with Crippen molar-refractivity contribution >= 4 is 69.2 Å². The Labute approximate surface area is 79.0 Å². The second-order valence-electron chi connectivity index (χ2n) is 0. The fourth-order valence-electron chi connectivity index (χ4n) is 0. The van der Waals surface area contributed by atoms with E-state index in [1.807, 2.05) is 0 Å². The molecule has 0 aliphatic heterocycles. The van der Waals surface area contributed by atoms with Crippen LogP contribution in [0.4, 0.5) is 0 Å². The quantitative estimate of drug-likeness (QED) is 0.328. The third-order valence-electron chi connectivity index (χ3n) is 0. The molecule has 3 N–H and O–H groups in total. The normalized spacial score (nSPS) is 0. The van der Waals surface area contributed by atoms with E-state index in [-0.39, 0.29) is 80.2 Å². The zero-order valence-electron chi connectivity index (χ0n) is 2.94. The first kappa shape index (κ1) is 62.6. The SMILES string of the molecule is O.[B].[Ca].[Mg].[OH-]. The minimum atomic E-state index is 0. The third-order valence-corrected chi connectivity index (χ3v) is 0. The molecule has 0 aliphatic carbocycles. The van der Waals surface area contributed by atoms with Gasteiger partial charge in [0.15, 0.2) is 0 Å². The molecule has 2 nitrogen and oxygen atoms in total. The van der Waals surface area contributed by atoms with Crippen LogP contribution >= 0.6 is 0 Å². The fourth-order valence-corrected chi connectivity index (χ4v) is 0. The molecule has 0 aromatic carbocycles. The van der Waals surface area contributed by atoms with Gasteiger partial charge in [-0.05, 0) is 0 Å². The summed E-state index contributed by atoms with van der Waals surface area (Å²) in [6.45, 7) is 0. The van der Waals surface area contributed by atoms with Gasteiger partial charge in [-0.25, -0.2) is 0 Å². The Bertz CT molecular complexity index is 9.61. The summed E-state index contributed by atoms with van der Waals surface area (Å²) in [5.74, 6) is 0. The molecule has 0 fully saturated rings. The second kappa shape index (κ2) is 37.3. The Morgan fingerprint density at radius 1 is 1.00 bits per heavy atom. The van der Waals surface area contributed by atoms with Crippen LogP contribution in [0.25, 0.3) is 0 Å². The van der Waals surface area contributed by atoms with Crippen LogP contribution < -0.4 is 0 Å². The van der Waals surface area contributed by atoms with Gasteiger partial charge >= 0.3 is 0 Å². The van der Waals surface area contributed by atoms with E-state index in [0.29, 0.717) is 0 Å². The maximum atomic E-state index is 0. The van der Waals surface area contributed by atoms with Crippen LogP contribution in [0.2, 0.25) is 0 Å². The van der Waals surface area contributed by atoms with Gasteiger partial charge in [0.25, 0.3) is 0 Å². The second-order valence-corrected chi connectivity index (χ2v) is 0. The predicted molar refractivity (Wildman–Crippen MR) is 22.8 cm³/mol. The Kier molecular flexibility index (Phi) is 468. The molecule has 5 heavy (non-hydrogen) atoms. The standard InChI is InChI=1S/B.Ca.Mg.2H2O/h;;;2*1H2/p-1. The minimum Gasteiger partial charge on any atom is -0.870 e. The van der Waals surface area contributed by atoms with Gasteiger partial charge in [0, 0.05) is 69.2 Å². The van der Waals surface area contributed by atoms with Crippen molar-refractivity contribution in [3.8, 4) is 0 Å². The van der Waals surface area contributed by atoms with Gasteiger partial charge in [0.1, 0.15) is 0 Å². The van der Waals surface area contributed by atoms with Crippen molar-refractivity contribution in [2.45, 2.75) is 0 Å². The van der Waals surface area contributed by atoms with Gasteiger partial charge in [-0.3, -0.25) is 0 Å². The summed E-state index contributed by atoms with van der Waals surface area (Å²) in [5, 5.41) is 0. The van der Waals surface area contributed by atoms with Crippen LogP contribution in [0.5, 0.6) is 0 Å². The van der Waals surface area contributed by atoms with Crippen LogP contribution in [0.3, 0.4) is 0 Å². The van der Waals surface area contributed by atoms with Crippen LogP contribution in [0.15, 0.2) is 0 Å². The van der Waals surface area contributed by atoms with Crippen molar-refractivity contribution in [1.82, 2.24) is 0 Å². The van der Waals surface area contributed by atoms with Gasteiger partial charge in [-0.15, -0.1) is 0 Å². The summed E-state index contributed by atoms with van der Waals surface area (Å²) in [5.41, 5.74) is 0. The molecular weight excluding hydrogens is 107 g/mol. The number of hydrogen-bond acceptors (Lipinski definition) is 1. The molecule has 0 rings (SSSR count). The molecule has 23 valence electrons. The Morgan fingerprint density at radius 3 is 1.00 bits per heavy atom. The molecule has 0 amide bonds. The molecule has 0 aromatic heterocycles. The number of hydrogen-bond donors (Lipinski definition) is 0. The largest absolute Gasteiger partial charge is 0.870 e. The molecule has 7 radical (unpaired) electrons. The van der Waals surface area contributed by atoms with E-state index in [2.05, 4.69) is 0 Å². The first-order valence-electron chi connectivity index (χ1n) is 0. The zero-order valence-corrected chi connectivity index (χ0v) is 6.56. The molecule has 0 spiro atoms. The summed E-state index contributed by atoms with van der Waals surface area (Å²) < 4.78 is 0. The maximum Gasteiger partial charge on any atom is 0 e. The third kappa shape index (κ3) is 23.9. The van der Waals surface area contributed by atoms with Crippen LogP contribution in [0.1, 0.15) is 0 Å². The molecule has 0 bridgehead atoms. The molecule has 5 heteroatoms. The van der Waals surface area contributed by atoms with Crippen molar-refractivity contribution < 1.29 is 11.0 Å². The van der Waals surface area contributed by atoms with Crippen molar-refractivity contribution in [3.63, 3.8) is 0 Å². The Balaban J connectivity index is 0. The van der Waals surface area contributed by atoms with Crippen molar-refractivity contribution in [3.05, 3.63) is 0 Å². The van der Waals surface area contributed by atoms with Gasteiger partial charge in [-0.1, -0.05) is 0 Å². The van der Waals surface area contributed by atoms with Gasteiger partial charge in [0.05, 0.1) is 0 Å². The molecule has 0 unspecified atom stereocenters. The van der Waals surface area contributed by atoms with Crippen molar-refractivity contribution in [1.29, 1.82) is 0 Å². The Morgan fingerprint density at radius 2 is 1.00 bits per heavy atom. The molecule has 0 aromatic rings. The Hall–Kier alpha value is 2.01. The maximum absolute atomic E-state index is 0. The molecule has 0 aliphatic rings. The molecule has 0 atom stereocenters. The number of rotatable bonds is 0. The summed E-state index contributed by atoms with van der Waals surface area (Å²) in [4.78, 5) is 0. The van der Waals surface area contributed by atoms with Gasteiger partial charge in [-0.2, -0.15) is 0 Å². The molecular formula is H3BCaMgO2-. The van der Waals surface area contributed by atoms with Crippen molar-refractivity contribution in [2.24, 2.45) is 0 Å². The van der Waals surface area contributed by atoms with E-state index >= 15 is 0 Å². The zero-order chi connectivity index (χ0) is 0. The van der Waals surface area contributed by atoms with E-state index < -0.39 is 0 Å². The van der Waals surface area contributed by atoms with Crippen LogP contribution in [-0.2, 0) is 0 Å². The summed E-state index contributed by atoms with van der Waals surface area (Å²) in [7, 11) is 0. The summed E-state index contributed by atoms with van der Waals surface area (Å²) in [6, 6.07) is 0. The summed E-state index contributed by atoms with van der Waals surface area (Å²) in [6.07, 6.45) is 0. The van der Waals surface area contributed by atoms with E-state index in [1.54, 1.807) is 0 Å². The molecule has 0 saturated carbocycles. The minimum absolute atomic E-state index is 0. The smallest absolute Gasteiger partial charge is 0 e. The van der Waals surface area contributed by atoms with E-state index in [4.69, 9.17) is 0 Å². The monoisotopic (exact) mass is 110 g/mol. The molecule has 0 saturated heterocycles. The summed E-state index contributed by atoms with van der Waals surface area (Å²) >= 11 is 0. The average Bonchev–Trinajstić information content (AvgIpc) is 0. The van der Waals surface area contributed by atoms with Gasteiger partial charge in [0.2, 0.25) is 0 Å². The van der Waals surface area contributed by atoms with E-state index in [0.717, 1.165) is 0 Å². The van der Waals surface area contributed by atoms with Crippen molar-refractivity contribution in [2.75, 3.05) is 0 Å². The van der Waals surface area contributed by atoms with Gasteiger partial charge < -0.3 is 11.0 Å². The van der Waals surface area contributed by atoms with Crippen LogP contribution in [-0.4, -0.2) is 80.2 Å². The fraction of sp³-hybridized carbons (Fsp3) is 0. The average molecular weight is 110 g/mol. The molecule has 0 heterocycles. The first-order chi connectivity index (χ1) is 0. The van der Waals surface area contributed by atoms with Crippen LogP contribution in [0, 0.1) is 0 Å². The first-order valence-corrected chi connectivity index (χ1v) is 0. The topological polar surface area (TPSA) is 61.5 Å². The van der Waals surface area contributed by atoms with E-state index in [9.17, 15) is 0 Å². The predicted octanol–water partition coefficient (Wildman–Crippen LogP) is -2.14.